The number of amides is 1. The second-order valence-electron chi connectivity index (χ2n) is 9.03. The highest BCUT2D eigenvalue weighted by Crippen LogP contribution is 2.24. The minimum atomic E-state index is 0.0264. The van der Waals surface area contributed by atoms with Crippen molar-refractivity contribution in [1.82, 2.24) is 15.1 Å². The Morgan fingerprint density at radius 3 is 2.64 bits per heavy atom. The van der Waals surface area contributed by atoms with Crippen LogP contribution in [0.1, 0.15) is 46.1 Å². The van der Waals surface area contributed by atoms with E-state index in [1.165, 1.54) is 11.3 Å². The molecule has 0 spiro atoms. The molecule has 0 saturated carbocycles. The molecular weight excluding hydrogens is 368 g/mol. The lowest BCUT2D eigenvalue weighted by Crippen LogP contribution is -2.60. The minimum Gasteiger partial charge on any atom is -0.365 e. The Labute approximate surface area is 175 Å². The van der Waals surface area contributed by atoms with Crippen LogP contribution in [0.4, 0.5) is 5.69 Å². The zero-order valence-electron chi connectivity index (χ0n) is 17.9. The molecule has 2 heterocycles. The van der Waals surface area contributed by atoms with E-state index >= 15 is 0 Å². The number of aryl methyl sites for hydroxylation is 1. The van der Waals surface area contributed by atoms with Gasteiger partial charge in [0, 0.05) is 55.9 Å². The SMILES string of the molecule is Cc1cccc(N2CCN(C(=O)CCN3C(=S)NC(C)(C)CC3C)CC2C)c1. The minimum absolute atomic E-state index is 0.0264. The predicted octanol–water partition coefficient (Wildman–Crippen LogP) is 3.17. The summed E-state index contributed by atoms with van der Waals surface area (Å²) in [6, 6.07) is 9.28. The third-order valence-corrected chi connectivity index (χ3v) is 6.26. The van der Waals surface area contributed by atoms with Gasteiger partial charge >= 0.3 is 0 Å². The molecule has 1 N–H and O–H groups in total. The summed E-state index contributed by atoms with van der Waals surface area (Å²) in [6.45, 7) is 14.0. The molecule has 3 rings (SSSR count). The Morgan fingerprint density at radius 2 is 2.00 bits per heavy atom. The fraction of sp³-hybridized carbons (Fsp3) is 0.636. The third-order valence-electron chi connectivity index (χ3n) is 5.92. The number of benzene rings is 1. The summed E-state index contributed by atoms with van der Waals surface area (Å²) in [5, 5.41) is 4.17. The maximum Gasteiger partial charge on any atom is 0.224 e. The molecule has 0 radical (unpaired) electrons. The lowest BCUT2D eigenvalue weighted by molar-refractivity contribution is -0.132. The Bertz CT molecular complexity index is 735. The van der Waals surface area contributed by atoms with Gasteiger partial charge in [0.05, 0.1) is 0 Å². The van der Waals surface area contributed by atoms with Gasteiger partial charge in [0.1, 0.15) is 0 Å². The standard InChI is InChI=1S/C22H34N4OS/c1-16-7-6-8-19(13-16)25-12-11-24(15-18(25)3)20(27)9-10-26-17(2)14-22(4,5)23-21(26)28/h6-8,13,17-18H,9-12,14-15H2,1-5H3,(H,23,28). The number of thiocarbonyl (C=S) groups is 1. The monoisotopic (exact) mass is 402 g/mol. The van der Waals surface area contributed by atoms with Crippen LogP contribution in [0.15, 0.2) is 24.3 Å². The number of piperazine rings is 1. The van der Waals surface area contributed by atoms with Gasteiger partial charge in [-0.2, -0.15) is 0 Å². The second-order valence-corrected chi connectivity index (χ2v) is 9.42. The van der Waals surface area contributed by atoms with Gasteiger partial charge in [0.2, 0.25) is 5.91 Å². The first kappa shape index (κ1) is 20.9. The summed E-state index contributed by atoms with van der Waals surface area (Å²) in [5.74, 6) is 0.232. The first-order valence-electron chi connectivity index (χ1n) is 10.4. The molecule has 1 aromatic rings. The lowest BCUT2D eigenvalue weighted by Gasteiger charge is -2.45. The van der Waals surface area contributed by atoms with Crippen LogP contribution in [0.5, 0.6) is 0 Å². The van der Waals surface area contributed by atoms with E-state index in [1.54, 1.807) is 0 Å². The van der Waals surface area contributed by atoms with Crippen molar-refractivity contribution in [2.45, 2.75) is 65.1 Å². The fourth-order valence-corrected chi connectivity index (χ4v) is 5.08. The average Bonchev–Trinajstić information content (AvgIpc) is 2.59. The van der Waals surface area contributed by atoms with Crippen LogP contribution >= 0.6 is 12.2 Å². The predicted molar refractivity (Wildman–Crippen MR) is 120 cm³/mol. The zero-order valence-corrected chi connectivity index (χ0v) is 18.7. The molecule has 6 heteroatoms. The molecule has 2 fully saturated rings. The van der Waals surface area contributed by atoms with E-state index in [4.69, 9.17) is 12.2 Å². The van der Waals surface area contributed by atoms with Crippen molar-refractivity contribution in [3.8, 4) is 0 Å². The Balaban J connectivity index is 1.53. The average molecular weight is 403 g/mol. The molecular formula is C22H34N4OS. The summed E-state index contributed by atoms with van der Waals surface area (Å²) in [6.07, 6.45) is 1.54. The van der Waals surface area contributed by atoms with Crippen molar-refractivity contribution in [3.05, 3.63) is 29.8 Å². The van der Waals surface area contributed by atoms with Gasteiger partial charge in [-0.15, -0.1) is 0 Å². The summed E-state index contributed by atoms with van der Waals surface area (Å²) in [4.78, 5) is 19.4. The van der Waals surface area contributed by atoms with E-state index in [0.717, 1.165) is 31.2 Å². The highest BCUT2D eigenvalue weighted by molar-refractivity contribution is 7.80. The molecule has 2 unspecified atom stereocenters. The van der Waals surface area contributed by atoms with Gasteiger partial charge in [-0.25, -0.2) is 0 Å². The quantitative estimate of drug-likeness (QED) is 0.783. The van der Waals surface area contributed by atoms with Crippen molar-refractivity contribution in [1.29, 1.82) is 0 Å². The van der Waals surface area contributed by atoms with Crippen LogP contribution in [0.25, 0.3) is 0 Å². The Morgan fingerprint density at radius 1 is 1.25 bits per heavy atom. The van der Waals surface area contributed by atoms with Crippen molar-refractivity contribution in [3.63, 3.8) is 0 Å². The van der Waals surface area contributed by atoms with Crippen LogP contribution in [-0.4, -0.2) is 64.6 Å². The van der Waals surface area contributed by atoms with Crippen LogP contribution < -0.4 is 10.2 Å². The number of carbonyl (C=O) groups excluding carboxylic acids is 1. The fourth-order valence-electron chi connectivity index (χ4n) is 4.53. The number of nitrogens with one attached hydrogen (secondary N) is 1. The number of hydrogen-bond acceptors (Lipinski definition) is 3. The largest absolute Gasteiger partial charge is 0.365 e. The molecule has 28 heavy (non-hydrogen) atoms. The number of anilines is 1. The molecule has 5 nitrogen and oxygen atoms in total. The third kappa shape index (κ3) is 4.77. The van der Waals surface area contributed by atoms with Gasteiger partial charge in [-0.1, -0.05) is 12.1 Å². The van der Waals surface area contributed by atoms with Gasteiger partial charge < -0.3 is 20.0 Å². The molecule has 1 aromatic carbocycles. The maximum atomic E-state index is 12.8. The zero-order chi connectivity index (χ0) is 20.5. The summed E-state index contributed by atoms with van der Waals surface area (Å²) >= 11 is 5.54. The normalized spacial score (nSPS) is 24.9. The van der Waals surface area contributed by atoms with Crippen molar-refractivity contribution < 1.29 is 4.79 Å². The van der Waals surface area contributed by atoms with Gasteiger partial charge in [-0.05, 0) is 71.0 Å². The van der Waals surface area contributed by atoms with E-state index in [2.05, 4.69) is 74.0 Å². The molecule has 2 aliphatic heterocycles. The molecule has 1 amide bonds. The lowest BCUT2D eigenvalue weighted by atomic mass is 9.93. The Hall–Kier alpha value is -1.82. The van der Waals surface area contributed by atoms with Gasteiger partial charge in [0.25, 0.3) is 0 Å². The smallest absolute Gasteiger partial charge is 0.224 e. The maximum absolute atomic E-state index is 12.8. The number of rotatable bonds is 4. The summed E-state index contributed by atoms with van der Waals surface area (Å²) in [7, 11) is 0. The van der Waals surface area contributed by atoms with Crippen molar-refractivity contribution in [2.75, 3.05) is 31.1 Å². The number of hydrogen-bond donors (Lipinski definition) is 1. The first-order chi connectivity index (χ1) is 13.2. The number of nitrogens with zero attached hydrogens (tertiary/aromatic N) is 3. The molecule has 0 aliphatic carbocycles. The highest BCUT2D eigenvalue weighted by Gasteiger charge is 2.34. The van der Waals surface area contributed by atoms with Crippen molar-refractivity contribution in [2.24, 2.45) is 0 Å². The molecule has 154 valence electrons. The van der Waals surface area contributed by atoms with Crippen molar-refractivity contribution >= 4 is 28.9 Å². The topological polar surface area (TPSA) is 38.8 Å². The van der Waals surface area contributed by atoms with Crippen LogP contribution in [0, 0.1) is 6.92 Å². The molecule has 0 aromatic heterocycles. The van der Waals surface area contributed by atoms with Crippen LogP contribution in [-0.2, 0) is 4.79 Å². The molecule has 2 atom stereocenters. The molecule has 2 saturated heterocycles. The van der Waals surface area contributed by atoms with E-state index in [9.17, 15) is 4.79 Å². The van der Waals surface area contributed by atoms with Gasteiger partial charge in [0.15, 0.2) is 5.11 Å². The van der Waals surface area contributed by atoms with E-state index in [0.29, 0.717) is 25.0 Å². The first-order valence-corrected chi connectivity index (χ1v) is 10.8. The molecule has 2 aliphatic rings. The Kier molecular flexibility index (Phi) is 6.18. The highest BCUT2D eigenvalue weighted by atomic mass is 32.1. The van der Waals surface area contributed by atoms with Crippen LogP contribution in [0.3, 0.4) is 0 Å². The van der Waals surface area contributed by atoms with E-state index in [1.807, 2.05) is 4.90 Å². The number of carbonyl (C=O) groups is 1. The molecule has 0 bridgehead atoms. The van der Waals surface area contributed by atoms with Crippen LogP contribution in [0.2, 0.25) is 0 Å². The van der Waals surface area contributed by atoms with E-state index in [-0.39, 0.29) is 11.4 Å². The summed E-state index contributed by atoms with van der Waals surface area (Å²) in [5.41, 5.74) is 2.55. The van der Waals surface area contributed by atoms with E-state index < -0.39 is 0 Å². The summed E-state index contributed by atoms with van der Waals surface area (Å²) < 4.78 is 0. The van der Waals surface area contributed by atoms with Gasteiger partial charge in [-0.3, -0.25) is 4.79 Å². The second kappa shape index (κ2) is 8.27.